The number of rotatable bonds is 6. The fourth-order valence-electron chi connectivity index (χ4n) is 12.5. The molecule has 0 atom stereocenters. The van der Waals surface area contributed by atoms with E-state index in [2.05, 4.69) is 284 Å². The number of benzene rings is 11. The number of hydrogen-bond acceptors (Lipinski definition) is 2. The van der Waals surface area contributed by atoms with Gasteiger partial charge in [0.2, 0.25) is 6.71 Å². The van der Waals surface area contributed by atoms with E-state index in [9.17, 15) is 0 Å². The van der Waals surface area contributed by atoms with Crippen LogP contribution >= 0.6 is 11.8 Å². The highest BCUT2D eigenvalue weighted by molar-refractivity contribution is 8.00. The molecule has 0 unspecified atom stereocenters. The molecule has 2 aliphatic rings. The molecule has 0 spiro atoms. The van der Waals surface area contributed by atoms with Gasteiger partial charge in [-0.1, -0.05) is 232 Å². The van der Waals surface area contributed by atoms with Gasteiger partial charge in [0, 0.05) is 59.4 Å². The van der Waals surface area contributed by atoms with Crippen LogP contribution in [-0.2, 0) is 5.41 Å². The van der Waals surface area contributed by atoms with Crippen LogP contribution in [0.3, 0.4) is 0 Å². The molecule has 354 valence electrons. The summed E-state index contributed by atoms with van der Waals surface area (Å²) < 4.78 is 5.04. The molecule has 2 aliphatic heterocycles. The summed E-state index contributed by atoms with van der Waals surface area (Å²) in [6.07, 6.45) is 0. The lowest BCUT2D eigenvalue weighted by molar-refractivity contribution is 0.589. The van der Waals surface area contributed by atoms with E-state index in [0.29, 0.717) is 0 Å². The van der Waals surface area contributed by atoms with Crippen molar-refractivity contribution in [3.8, 4) is 44.8 Å². The first-order valence-corrected chi connectivity index (χ1v) is 26.9. The molecule has 0 aliphatic carbocycles. The number of anilines is 3. The molecule has 0 bridgehead atoms. The topological polar surface area (TPSA) is 13.1 Å². The zero-order valence-corrected chi connectivity index (χ0v) is 42.8. The van der Waals surface area contributed by atoms with E-state index in [4.69, 9.17) is 0 Å². The molecule has 4 heterocycles. The second-order valence-corrected chi connectivity index (χ2v) is 22.3. The molecule has 0 radical (unpaired) electrons. The van der Waals surface area contributed by atoms with Gasteiger partial charge in [-0.15, -0.1) is 0 Å². The Morgan fingerprint density at radius 3 is 1.27 bits per heavy atom. The van der Waals surface area contributed by atoms with Crippen LogP contribution in [-0.4, -0.2) is 15.8 Å². The van der Waals surface area contributed by atoms with Crippen LogP contribution in [0.4, 0.5) is 17.1 Å². The number of hydrogen-bond donors (Lipinski definition) is 0. The number of aromatic nitrogens is 2. The highest BCUT2D eigenvalue weighted by atomic mass is 32.2. The minimum atomic E-state index is -0.136. The van der Waals surface area contributed by atoms with Gasteiger partial charge >= 0.3 is 0 Å². The molecule has 0 amide bonds. The molecular weight excluding hydrogens is 926 g/mol. The van der Waals surface area contributed by atoms with Crippen molar-refractivity contribution >= 4 is 95.5 Å². The van der Waals surface area contributed by atoms with Gasteiger partial charge in [-0.25, -0.2) is 0 Å². The first-order valence-electron chi connectivity index (χ1n) is 26.1. The van der Waals surface area contributed by atoms with Crippen molar-refractivity contribution in [2.24, 2.45) is 0 Å². The lowest BCUT2D eigenvalue weighted by atomic mass is 9.34. The van der Waals surface area contributed by atoms with E-state index < -0.39 is 0 Å². The SMILES string of the molecule is CC(C)(C)c1cc2c3c(c1)N(c1ccccc1-c1ccccc1)c1cc(-n4c5ccccc5c5ccccc54)c(-c4ccccc4)cc1B3c1cc(-c3ccccc3)c(-n3c4ccccc4c4ccccc43)cc1S2. The average molecular weight is 976 g/mol. The maximum atomic E-state index is 2.63. The number of para-hydroxylation sites is 5. The van der Waals surface area contributed by atoms with Crippen molar-refractivity contribution in [3.05, 3.63) is 254 Å². The van der Waals surface area contributed by atoms with Gasteiger partial charge in [0.05, 0.1) is 39.1 Å². The Bertz CT molecular complexity index is 4330. The molecule has 5 heteroatoms. The summed E-state index contributed by atoms with van der Waals surface area (Å²) in [5, 5.41) is 5.00. The van der Waals surface area contributed by atoms with Crippen LogP contribution in [0.2, 0.25) is 0 Å². The van der Waals surface area contributed by atoms with Gasteiger partial charge in [0.25, 0.3) is 0 Å². The molecule has 0 N–H and O–H groups in total. The number of fused-ring (bicyclic) bond motifs is 10. The van der Waals surface area contributed by atoms with Crippen molar-refractivity contribution in [1.29, 1.82) is 0 Å². The highest BCUT2D eigenvalue weighted by Crippen LogP contribution is 2.50. The van der Waals surface area contributed by atoms with E-state index in [1.165, 1.54) is 126 Å². The summed E-state index contributed by atoms with van der Waals surface area (Å²) in [6, 6.07) is 93.0. The van der Waals surface area contributed by atoms with Crippen molar-refractivity contribution in [1.82, 2.24) is 9.13 Å². The zero-order valence-electron chi connectivity index (χ0n) is 42.0. The van der Waals surface area contributed by atoms with E-state index in [1.54, 1.807) is 0 Å². The van der Waals surface area contributed by atoms with Crippen LogP contribution in [0.15, 0.2) is 259 Å². The first-order chi connectivity index (χ1) is 36.9. The van der Waals surface area contributed by atoms with Gasteiger partial charge in [-0.3, -0.25) is 0 Å². The van der Waals surface area contributed by atoms with Crippen molar-refractivity contribution < 1.29 is 0 Å². The number of nitrogens with zero attached hydrogens (tertiary/aromatic N) is 3. The fraction of sp³-hybridized carbons (Fsp3) is 0.0571. The lowest BCUT2D eigenvalue weighted by Gasteiger charge is -2.42. The predicted molar refractivity (Wildman–Crippen MR) is 320 cm³/mol. The molecular formula is C70H50BN3S. The maximum Gasteiger partial charge on any atom is 0.249 e. The normalized spacial score (nSPS) is 12.9. The van der Waals surface area contributed by atoms with Gasteiger partial charge in [0.1, 0.15) is 0 Å². The largest absolute Gasteiger partial charge is 0.311 e. The Kier molecular flexibility index (Phi) is 9.86. The van der Waals surface area contributed by atoms with Gasteiger partial charge in [-0.05, 0) is 93.2 Å². The van der Waals surface area contributed by atoms with Crippen molar-refractivity contribution in [3.63, 3.8) is 0 Å². The summed E-state index contributed by atoms with van der Waals surface area (Å²) in [7, 11) is 0. The second-order valence-electron chi connectivity index (χ2n) is 21.2. The summed E-state index contributed by atoms with van der Waals surface area (Å²) in [6.45, 7) is 6.98. The Labute approximate surface area is 442 Å². The Hall–Kier alpha value is -8.77. The summed E-state index contributed by atoms with van der Waals surface area (Å²) in [5.74, 6) is 0. The first kappa shape index (κ1) is 43.8. The minimum Gasteiger partial charge on any atom is -0.311 e. The lowest BCUT2D eigenvalue weighted by Crippen LogP contribution is -2.60. The minimum absolute atomic E-state index is 0.0975. The third-order valence-corrected chi connectivity index (χ3v) is 17.0. The zero-order chi connectivity index (χ0) is 49.9. The van der Waals surface area contributed by atoms with Crippen LogP contribution in [0.25, 0.3) is 88.4 Å². The second kappa shape index (κ2) is 16.9. The van der Waals surface area contributed by atoms with Gasteiger partial charge < -0.3 is 14.0 Å². The third-order valence-electron chi connectivity index (χ3n) is 15.9. The van der Waals surface area contributed by atoms with Crippen molar-refractivity contribution in [2.45, 2.75) is 36.0 Å². The molecule has 3 nitrogen and oxygen atoms in total. The summed E-state index contributed by atoms with van der Waals surface area (Å²) >= 11 is 1.94. The predicted octanol–water partition coefficient (Wildman–Crippen LogP) is 16.9. The standard InChI is InChI=1S/C70H50BN3S/c1-70(2,3)48-39-66-69-68(40-48)75-67-44-64(73-61-37-21-16-32-52(61)53-33-17-22-38-62(53)73)55(47-27-11-6-12-28-47)42-57(67)71(69)56-41-54(46-25-9-5-10-26-46)63(72-59-35-19-14-30-50(59)51-31-15-20-36-60(51)72)43-65(56)74(66)58-34-18-13-29-49(58)45-23-7-4-8-24-45/h4-44H,1-3H3. The van der Waals surface area contributed by atoms with Crippen LogP contribution in [0.1, 0.15) is 26.3 Å². The molecule has 13 aromatic rings. The molecule has 75 heavy (non-hydrogen) atoms. The average Bonchev–Trinajstić information content (AvgIpc) is 4.01. The smallest absolute Gasteiger partial charge is 0.249 e. The molecule has 15 rings (SSSR count). The molecule has 0 saturated heterocycles. The van der Waals surface area contributed by atoms with E-state index in [0.717, 1.165) is 11.4 Å². The molecule has 2 aromatic heterocycles. The van der Waals surface area contributed by atoms with E-state index in [-0.39, 0.29) is 12.1 Å². The fourth-order valence-corrected chi connectivity index (χ4v) is 13.7. The van der Waals surface area contributed by atoms with Crippen LogP contribution < -0.4 is 21.3 Å². The molecule has 0 saturated carbocycles. The monoisotopic (exact) mass is 975 g/mol. The molecule has 0 fully saturated rings. The third kappa shape index (κ3) is 6.77. The van der Waals surface area contributed by atoms with Gasteiger partial charge in [0.15, 0.2) is 0 Å². The Morgan fingerprint density at radius 2 is 0.760 bits per heavy atom. The van der Waals surface area contributed by atoms with Crippen LogP contribution in [0.5, 0.6) is 0 Å². The molecule has 11 aromatic carbocycles. The highest BCUT2D eigenvalue weighted by Gasteiger charge is 2.44. The summed E-state index contributed by atoms with van der Waals surface area (Å²) in [5.41, 5.74) is 22.9. The Morgan fingerprint density at radius 1 is 0.333 bits per heavy atom. The van der Waals surface area contributed by atoms with E-state index >= 15 is 0 Å². The van der Waals surface area contributed by atoms with Gasteiger partial charge in [-0.2, -0.15) is 0 Å². The van der Waals surface area contributed by atoms with E-state index in [1.807, 2.05) is 11.8 Å². The quantitative estimate of drug-likeness (QED) is 0.154. The van der Waals surface area contributed by atoms with Crippen molar-refractivity contribution in [2.75, 3.05) is 4.90 Å². The van der Waals surface area contributed by atoms with Crippen LogP contribution in [0, 0.1) is 0 Å². The summed E-state index contributed by atoms with van der Waals surface area (Å²) in [4.78, 5) is 5.21. The maximum absolute atomic E-state index is 2.63. The Balaban J connectivity index is 1.10.